The quantitative estimate of drug-likeness (QED) is 0.207. The first-order valence-electron chi connectivity index (χ1n) is 12.5. The number of pyridine rings is 1. The van der Waals surface area contributed by atoms with E-state index < -0.39 is 0 Å². The number of benzene rings is 3. The molecule has 8 heteroatoms. The van der Waals surface area contributed by atoms with Gasteiger partial charge in [-0.05, 0) is 98.0 Å². The van der Waals surface area contributed by atoms with Gasteiger partial charge in [-0.3, -0.25) is 4.98 Å². The van der Waals surface area contributed by atoms with Crippen LogP contribution in [-0.2, 0) is 0 Å². The molecule has 39 heavy (non-hydrogen) atoms. The van der Waals surface area contributed by atoms with Crippen molar-refractivity contribution in [1.82, 2.24) is 14.9 Å². The highest BCUT2D eigenvalue weighted by Gasteiger charge is 2.42. The number of rotatable bonds is 6. The van der Waals surface area contributed by atoms with Crippen molar-refractivity contribution < 1.29 is 4.74 Å². The third-order valence-electron chi connectivity index (χ3n) is 6.72. The molecule has 5 aromatic rings. The van der Waals surface area contributed by atoms with E-state index in [9.17, 15) is 0 Å². The van der Waals surface area contributed by atoms with Gasteiger partial charge >= 0.3 is 0 Å². The molecule has 0 unspecified atom stereocenters. The topological polar surface area (TPSA) is 42.3 Å². The second kappa shape index (κ2) is 10.7. The highest BCUT2D eigenvalue weighted by atomic mass is 35.5. The van der Waals surface area contributed by atoms with Gasteiger partial charge in [0.1, 0.15) is 17.5 Å². The Kier molecular flexibility index (Phi) is 7.00. The van der Waals surface area contributed by atoms with E-state index in [1.165, 1.54) is 5.56 Å². The number of anilines is 1. The molecule has 0 radical (unpaired) electrons. The molecular weight excluding hydrogens is 547 g/mol. The summed E-state index contributed by atoms with van der Waals surface area (Å²) in [6.07, 6.45) is 3.80. The molecule has 2 atom stereocenters. The van der Waals surface area contributed by atoms with E-state index in [-0.39, 0.29) is 12.1 Å². The number of thiocarbonyl (C=S) groups is 1. The molecule has 1 fully saturated rings. The van der Waals surface area contributed by atoms with Crippen molar-refractivity contribution in [3.8, 4) is 17.2 Å². The summed E-state index contributed by atoms with van der Waals surface area (Å²) in [4.78, 5) is 6.79. The van der Waals surface area contributed by atoms with Gasteiger partial charge in [-0.2, -0.15) is 0 Å². The molecule has 0 bridgehead atoms. The fourth-order valence-electron chi connectivity index (χ4n) is 4.88. The van der Waals surface area contributed by atoms with Crippen molar-refractivity contribution in [3.05, 3.63) is 136 Å². The minimum atomic E-state index is -0.210. The van der Waals surface area contributed by atoms with E-state index in [0.29, 0.717) is 15.2 Å². The van der Waals surface area contributed by atoms with Crippen LogP contribution in [0.15, 0.2) is 109 Å². The lowest BCUT2D eigenvalue weighted by Gasteiger charge is -2.29. The van der Waals surface area contributed by atoms with E-state index in [1.54, 1.807) is 12.3 Å². The van der Waals surface area contributed by atoms with Crippen LogP contribution in [0.1, 0.15) is 29.0 Å². The van der Waals surface area contributed by atoms with E-state index >= 15 is 0 Å². The molecule has 3 heterocycles. The van der Waals surface area contributed by atoms with Gasteiger partial charge in [0.2, 0.25) is 0 Å². The van der Waals surface area contributed by atoms with Gasteiger partial charge in [0.25, 0.3) is 0 Å². The highest BCUT2D eigenvalue weighted by Crippen LogP contribution is 2.43. The van der Waals surface area contributed by atoms with E-state index in [2.05, 4.69) is 32.8 Å². The summed E-state index contributed by atoms with van der Waals surface area (Å²) in [5.41, 5.74) is 4.84. The van der Waals surface area contributed by atoms with Gasteiger partial charge in [-0.1, -0.05) is 47.0 Å². The highest BCUT2D eigenvalue weighted by molar-refractivity contribution is 7.80. The van der Waals surface area contributed by atoms with E-state index in [0.717, 1.165) is 34.3 Å². The van der Waals surface area contributed by atoms with Crippen LogP contribution in [0.25, 0.3) is 5.69 Å². The van der Waals surface area contributed by atoms with Crippen LogP contribution in [0.2, 0.25) is 10.0 Å². The minimum Gasteiger partial charge on any atom is -0.457 e. The molecule has 194 valence electrons. The second-order valence-corrected chi connectivity index (χ2v) is 10.5. The molecule has 0 spiro atoms. The maximum atomic E-state index is 6.64. The molecule has 3 aromatic carbocycles. The smallest absolute Gasteiger partial charge is 0.174 e. The largest absolute Gasteiger partial charge is 0.457 e. The molecule has 0 aliphatic carbocycles. The Hall–Kier alpha value is -3.84. The van der Waals surface area contributed by atoms with Gasteiger partial charge in [0.15, 0.2) is 5.11 Å². The number of nitrogens with zero attached hydrogens (tertiary/aromatic N) is 3. The molecular formula is C31H24Cl2N4OS. The number of aryl methyl sites for hydroxylation is 1. The van der Waals surface area contributed by atoms with Crippen molar-refractivity contribution >= 4 is 46.2 Å². The number of halogens is 2. The predicted molar refractivity (Wildman–Crippen MR) is 161 cm³/mol. The molecule has 6 rings (SSSR count). The summed E-state index contributed by atoms with van der Waals surface area (Å²) in [5, 5.41) is 5.27. The number of aromatic nitrogens is 2. The fraction of sp³-hybridized carbons (Fsp3) is 0.0968. The summed E-state index contributed by atoms with van der Waals surface area (Å²) in [7, 11) is 0. The zero-order chi connectivity index (χ0) is 26.9. The summed E-state index contributed by atoms with van der Waals surface area (Å²) < 4.78 is 8.14. The Morgan fingerprint density at radius 1 is 0.872 bits per heavy atom. The Morgan fingerprint density at radius 2 is 1.62 bits per heavy atom. The average Bonchev–Trinajstić information content (AvgIpc) is 3.55. The van der Waals surface area contributed by atoms with Gasteiger partial charge in [0.05, 0.1) is 22.4 Å². The van der Waals surface area contributed by atoms with Crippen LogP contribution in [0, 0.1) is 6.92 Å². The Bertz CT molecular complexity index is 1620. The van der Waals surface area contributed by atoms with Crippen molar-refractivity contribution in [2.75, 3.05) is 4.90 Å². The molecule has 5 nitrogen and oxygen atoms in total. The molecule has 0 amide bonds. The van der Waals surface area contributed by atoms with Crippen molar-refractivity contribution in [3.63, 3.8) is 0 Å². The van der Waals surface area contributed by atoms with Crippen molar-refractivity contribution in [2.24, 2.45) is 0 Å². The molecule has 1 aliphatic heterocycles. The minimum absolute atomic E-state index is 0.193. The van der Waals surface area contributed by atoms with Crippen LogP contribution in [0.5, 0.6) is 11.5 Å². The summed E-state index contributed by atoms with van der Waals surface area (Å²) in [6, 6.07) is 31.1. The zero-order valence-electron chi connectivity index (χ0n) is 21.0. The van der Waals surface area contributed by atoms with Crippen molar-refractivity contribution in [1.29, 1.82) is 0 Å². The third-order valence-corrected chi connectivity index (χ3v) is 7.57. The van der Waals surface area contributed by atoms with Crippen LogP contribution in [-0.4, -0.2) is 14.7 Å². The Morgan fingerprint density at radius 3 is 2.31 bits per heavy atom. The number of hydrogen-bond donors (Lipinski definition) is 1. The SMILES string of the molecule is Cc1ccc(Oc2ccc(N3C(=S)N[C@@H](c4ccccn4)[C@H]3c3cccn3-c3ccc(Cl)cc3Cl)cc2)cc1. The lowest BCUT2D eigenvalue weighted by atomic mass is 10.0. The Balaban J connectivity index is 1.40. The van der Waals surface area contributed by atoms with Crippen LogP contribution in [0.3, 0.4) is 0 Å². The average molecular weight is 572 g/mol. The van der Waals surface area contributed by atoms with Crippen LogP contribution >= 0.6 is 35.4 Å². The Labute approximate surface area is 242 Å². The second-order valence-electron chi connectivity index (χ2n) is 9.30. The summed E-state index contributed by atoms with van der Waals surface area (Å²) >= 11 is 18.7. The van der Waals surface area contributed by atoms with Gasteiger partial charge in [-0.25, -0.2) is 0 Å². The molecule has 2 aromatic heterocycles. The van der Waals surface area contributed by atoms with E-state index in [4.69, 9.17) is 40.2 Å². The lowest BCUT2D eigenvalue weighted by molar-refractivity contribution is 0.482. The molecule has 1 saturated heterocycles. The first-order valence-corrected chi connectivity index (χ1v) is 13.6. The first kappa shape index (κ1) is 25.4. The monoisotopic (exact) mass is 570 g/mol. The predicted octanol–water partition coefficient (Wildman–Crippen LogP) is 8.46. The first-order chi connectivity index (χ1) is 19.0. The van der Waals surface area contributed by atoms with Crippen LogP contribution in [0.4, 0.5) is 5.69 Å². The number of ether oxygens (including phenoxy) is 1. The summed E-state index contributed by atoms with van der Waals surface area (Å²) in [5.74, 6) is 1.53. The lowest BCUT2D eigenvalue weighted by Crippen LogP contribution is -2.30. The molecule has 1 aliphatic rings. The molecule has 0 saturated carbocycles. The zero-order valence-corrected chi connectivity index (χ0v) is 23.3. The van der Waals surface area contributed by atoms with Crippen LogP contribution < -0.4 is 15.0 Å². The van der Waals surface area contributed by atoms with Gasteiger partial charge < -0.3 is 19.5 Å². The summed E-state index contributed by atoms with van der Waals surface area (Å²) in [6.45, 7) is 2.05. The normalized spacial score (nSPS) is 16.8. The fourth-order valence-corrected chi connectivity index (χ4v) is 5.73. The standard InChI is InChI=1S/C31H24Cl2N4OS/c1-20-7-12-23(13-8-20)38-24-14-10-22(11-15-24)37-30(29(35-31(37)39)26-5-2-3-17-34-26)28-6-4-18-36(28)27-16-9-21(32)19-25(27)33/h2-19,29-30H,1H3,(H,35,39)/t29-,30+/m0/s1. The maximum Gasteiger partial charge on any atom is 0.174 e. The molecule has 1 N–H and O–H groups in total. The van der Waals surface area contributed by atoms with Crippen molar-refractivity contribution in [2.45, 2.75) is 19.0 Å². The van der Waals surface area contributed by atoms with Gasteiger partial charge in [-0.15, -0.1) is 0 Å². The van der Waals surface area contributed by atoms with Gasteiger partial charge in [0, 0.05) is 28.8 Å². The van der Waals surface area contributed by atoms with E-state index in [1.807, 2.05) is 91.1 Å². The maximum absolute atomic E-state index is 6.64. The number of hydrogen-bond acceptors (Lipinski definition) is 3. The number of nitrogens with one attached hydrogen (secondary N) is 1. The third kappa shape index (κ3) is 5.11.